The maximum absolute atomic E-state index is 13.1. The number of rotatable bonds is 7. The lowest BCUT2D eigenvalue weighted by Crippen LogP contribution is -2.21. The van der Waals surface area contributed by atoms with Gasteiger partial charge in [0.15, 0.2) is 11.6 Å². The van der Waals surface area contributed by atoms with Crippen LogP contribution in [0.3, 0.4) is 0 Å². The average molecular weight is 298 g/mol. The molecule has 0 bridgehead atoms. The largest absolute Gasteiger partial charge is 0.491 e. The second-order valence-electron chi connectivity index (χ2n) is 3.86. The zero-order chi connectivity index (χ0) is 12.7. The highest BCUT2D eigenvalue weighted by Gasteiger charge is 2.04. The summed E-state index contributed by atoms with van der Waals surface area (Å²) in [5, 5.41) is 0. The molecule has 0 radical (unpaired) electrons. The van der Waals surface area contributed by atoms with Crippen LogP contribution in [0.2, 0.25) is 0 Å². The zero-order valence-electron chi connectivity index (χ0n) is 9.94. The summed E-state index contributed by atoms with van der Waals surface area (Å²) in [5.41, 5.74) is 5.69. The first kappa shape index (κ1) is 17.5. The van der Waals surface area contributed by atoms with E-state index < -0.39 is 11.6 Å². The van der Waals surface area contributed by atoms with Gasteiger partial charge in [0.25, 0.3) is 0 Å². The topological polar surface area (TPSA) is 35.2 Å². The Kier molecular flexibility index (Phi) is 9.14. The van der Waals surface area contributed by atoms with Crippen molar-refractivity contribution < 1.29 is 13.5 Å². The van der Waals surface area contributed by atoms with E-state index in [1.807, 2.05) is 0 Å². The van der Waals surface area contributed by atoms with E-state index in [2.05, 4.69) is 12.6 Å². The Morgan fingerprint density at radius 1 is 1.28 bits per heavy atom. The Morgan fingerprint density at radius 3 is 2.61 bits per heavy atom. The molecule has 0 saturated heterocycles. The van der Waals surface area contributed by atoms with Crippen molar-refractivity contribution in [3.05, 3.63) is 29.8 Å². The molecule has 6 heteroatoms. The van der Waals surface area contributed by atoms with E-state index in [0.29, 0.717) is 12.4 Å². The summed E-state index contributed by atoms with van der Waals surface area (Å²) in [6.45, 7) is 0.405. The van der Waals surface area contributed by atoms with Crippen LogP contribution in [-0.4, -0.2) is 18.4 Å². The molecule has 1 rings (SSSR count). The Bertz CT molecular complexity index is 355. The fourth-order valence-corrected chi connectivity index (χ4v) is 1.56. The van der Waals surface area contributed by atoms with E-state index in [1.54, 1.807) is 0 Å². The van der Waals surface area contributed by atoms with Crippen LogP contribution < -0.4 is 10.5 Å². The number of halogens is 3. The Hall–Kier alpha value is -0.520. The van der Waals surface area contributed by atoms with Gasteiger partial charge in [0.05, 0.1) is 6.61 Å². The predicted octanol–water partition coefficient (Wildman–Crippen LogP) is 3.19. The molecule has 0 spiro atoms. The highest BCUT2D eigenvalue weighted by molar-refractivity contribution is 7.80. The summed E-state index contributed by atoms with van der Waals surface area (Å²) in [7, 11) is 0. The lowest BCUT2D eigenvalue weighted by atomic mass is 10.1. The SMILES string of the molecule is Cl.N[C@@H](CS)CCCCOc1ccc(F)cc1F. The standard InChI is InChI=1S/C12H17F2NOS.ClH/c13-9-4-5-12(11(14)7-9)16-6-2-1-3-10(15)8-17;/h4-5,7,10,17H,1-3,6,8,15H2;1H/t10-;/m1./s1. The van der Waals surface area contributed by atoms with E-state index in [9.17, 15) is 8.78 Å². The minimum atomic E-state index is -0.669. The summed E-state index contributed by atoms with van der Waals surface area (Å²) < 4.78 is 31.0. The molecule has 0 heterocycles. The molecule has 1 aromatic carbocycles. The third-order valence-electron chi connectivity index (χ3n) is 2.36. The first-order valence-electron chi connectivity index (χ1n) is 5.57. The van der Waals surface area contributed by atoms with Crippen LogP contribution in [-0.2, 0) is 0 Å². The predicted molar refractivity (Wildman–Crippen MR) is 74.8 cm³/mol. The van der Waals surface area contributed by atoms with E-state index in [-0.39, 0.29) is 24.2 Å². The molecule has 104 valence electrons. The van der Waals surface area contributed by atoms with Crippen molar-refractivity contribution in [2.24, 2.45) is 5.73 Å². The molecule has 2 nitrogen and oxygen atoms in total. The quantitative estimate of drug-likeness (QED) is 0.599. The van der Waals surface area contributed by atoms with Gasteiger partial charge in [0.2, 0.25) is 0 Å². The molecule has 2 N–H and O–H groups in total. The van der Waals surface area contributed by atoms with Crippen LogP contribution >= 0.6 is 25.0 Å². The minimum Gasteiger partial charge on any atom is -0.491 e. The molecular weight excluding hydrogens is 280 g/mol. The van der Waals surface area contributed by atoms with Crippen LogP contribution in [0.4, 0.5) is 8.78 Å². The second-order valence-corrected chi connectivity index (χ2v) is 4.23. The molecule has 18 heavy (non-hydrogen) atoms. The first-order valence-corrected chi connectivity index (χ1v) is 6.21. The first-order chi connectivity index (χ1) is 8.13. The van der Waals surface area contributed by atoms with Gasteiger partial charge < -0.3 is 10.5 Å². The highest BCUT2D eigenvalue weighted by Crippen LogP contribution is 2.17. The maximum atomic E-state index is 13.1. The molecule has 0 saturated carbocycles. The van der Waals surface area contributed by atoms with Crippen molar-refractivity contribution in [1.82, 2.24) is 0 Å². The highest BCUT2D eigenvalue weighted by atomic mass is 35.5. The summed E-state index contributed by atoms with van der Waals surface area (Å²) in [6, 6.07) is 3.38. The van der Waals surface area contributed by atoms with Gasteiger partial charge in [-0.1, -0.05) is 0 Å². The van der Waals surface area contributed by atoms with Gasteiger partial charge >= 0.3 is 0 Å². The van der Waals surface area contributed by atoms with Gasteiger partial charge in [-0.05, 0) is 31.4 Å². The average Bonchev–Trinajstić information content (AvgIpc) is 2.30. The monoisotopic (exact) mass is 297 g/mol. The summed E-state index contributed by atoms with van der Waals surface area (Å²) >= 11 is 4.08. The Balaban J connectivity index is 0.00000289. The number of nitrogens with two attached hydrogens (primary N) is 1. The van der Waals surface area contributed by atoms with Crippen LogP contribution in [0.15, 0.2) is 18.2 Å². The van der Waals surface area contributed by atoms with Crippen molar-refractivity contribution >= 4 is 25.0 Å². The lowest BCUT2D eigenvalue weighted by molar-refractivity contribution is 0.288. The fourth-order valence-electron chi connectivity index (χ4n) is 1.37. The number of thiol groups is 1. The van der Waals surface area contributed by atoms with Crippen molar-refractivity contribution in [2.45, 2.75) is 25.3 Å². The van der Waals surface area contributed by atoms with E-state index in [0.717, 1.165) is 25.3 Å². The zero-order valence-corrected chi connectivity index (χ0v) is 11.7. The van der Waals surface area contributed by atoms with E-state index in [4.69, 9.17) is 10.5 Å². The number of ether oxygens (including phenoxy) is 1. The molecule has 1 aromatic rings. The van der Waals surface area contributed by atoms with E-state index >= 15 is 0 Å². The second kappa shape index (κ2) is 9.42. The van der Waals surface area contributed by atoms with Gasteiger partial charge in [-0.2, -0.15) is 12.6 Å². The molecule has 0 aliphatic carbocycles. The molecule has 1 atom stereocenters. The van der Waals surface area contributed by atoms with Crippen molar-refractivity contribution in [2.75, 3.05) is 12.4 Å². The summed E-state index contributed by atoms with van der Waals surface area (Å²) in [6.07, 6.45) is 2.57. The minimum absolute atomic E-state index is 0. The van der Waals surface area contributed by atoms with Crippen molar-refractivity contribution in [3.63, 3.8) is 0 Å². The van der Waals surface area contributed by atoms with Crippen LogP contribution in [0, 0.1) is 11.6 Å². The van der Waals surface area contributed by atoms with Crippen LogP contribution in [0.25, 0.3) is 0 Å². The van der Waals surface area contributed by atoms with Gasteiger partial charge in [-0.25, -0.2) is 8.78 Å². The van der Waals surface area contributed by atoms with E-state index in [1.165, 1.54) is 12.1 Å². The third kappa shape index (κ3) is 6.42. The summed E-state index contributed by atoms with van der Waals surface area (Å²) in [5.74, 6) is -0.524. The van der Waals surface area contributed by atoms with Crippen LogP contribution in [0.1, 0.15) is 19.3 Å². The Labute approximate surface area is 118 Å². The van der Waals surface area contributed by atoms with Gasteiger partial charge in [-0.15, -0.1) is 12.4 Å². The summed E-state index contributed by atoms with van der Waals surface area (Å²) in [4.78, 5) is 0. The molecule has 0 fully saturated rings. The van der Waals surface area contributed by atoms with Gasteiger partial charge in [0.1, 0.15) is 5.82 Å². The smallest absolute Gasteiger partial charge is 0.167 e. The number of hydrogen-bond donors (Lipinski definition) is 2. The molecule has 0 aliphatic heterocycles. The molecular formula is C12H18ClF2NOS. The number of benzene rings is 1. The normalized spacial score (nSPS) is 11.8. The maximum Gasteiger partial charge on any atom is 0.167 e. The molecule has 0 unspecified atom stereocenters. The van der Waals surface area contributed by atoms with Gasteiger partial charge in [-0.3, -0.25) is 0 Å². The van der Waals surface area contributed by atoms with Crippen molar-refractivity contribution in [3.8, 4) is 5.75 Å². The molecule has 0 amide bonds. The number of unbranched alkanes of at least 4 members (excludes halogenated alkanes) is 1. The molecule has 0 aromatic heterocycles. The van der Waals surface area contributed by atoms with Crippen LogP contribution in [0.5, 0.6) is 5.75 Å². The third-order valence-corrected chi connectivity index (χ3v) is 2.82. The number of hydrogen-bond acceptors (Lipinski definition) is 3. The van der Waals surface area contributed by atoms with Crippen molar-refractivity contribution in [1.29, 1.82) is 0 Å². The van der Waals surface area contributed by atoms with Gasteiger partial charge in [0, 0.05) is 17.9 Å². The Morgan fingerprint density at radius 2 is 2.00 bits per heavy atom. The lowest BCUT2D eigenvalue weighted by Gasteiger charge is -2.09. The fraction of sp³-hybridized carbons (Fsp3) is 0.500. The molecule has 0 aliphatic rings.